The highest BCUT2D eigenvalue weighted by Crippen LogP contribution is 2.20. The quantitative estimate of drug-likeness (QED) is 0.656. The molecule has 4 heterocycles. The molecule has 1 aliphatic rings. The van der Waals surface area contributed by atoms with Crippen LogP contribution < -0.4 is 10.3 Å². The van der Waals surface area contributed by atoms with Crippen molar-refractivity contribution >= 4 is 16.9 Å². The van der Waals surface area contributed by atoms with E-state index in [1.807, 2.05) is 25.3 Å². The van der Waals surface area contributed by atoms with Crippen LogP contribution in [0.2, 0.25) is 0 Å². The molecule has 8 nitrogen and oxygen atoms in total. The van der Waals surface area contributed by atoms with Gasteiger partial charge in [-0.2, -0.15) is 0 Å². The van der Waals surface area contributed by atoms with Crippen LogP contribution in [0.5, 0.6) is 5.75 Å². The molecule has 1 aliphatic heterocycles. The lowest BCUT2D eigenvalue weighted by Crippen LogP contribution is -2.25. The molecule has 3 aromatic heterocycles. The number of nitrogens with zero attached hydrogens (tertiary/aromatic N) is 4. The predicted molar refractivity (Wildman–Crippen MR) is 118 cm³/mol. The van der Waals surface area contributed by atoms with Gasteiger partial charge in [-0.15, -0.1) is 0 Å². The number of hydrogen-bond acceptors (Lipinski definition) is 6. The number of ether oxygens (including phenoxy) is 1. The zero-order chi connectivity index (χ0) is 22.0. The summed E-state index contributed by atoms with van der Waals surface area (Å²) in [6, 6.07) is 7.35. The number of fused-ring (bicyclic) bond motifs is 1. The summed E-state index contributed by atoms with van der Waals surface area (Å²) in [7, 11) is 3.40. The van der Waals surface area contributed by atoms with E-state index >= 15 is 0 Å². The van der Waals surface area contributed by atoms with Gasteiger partial charge >= 0.3 is 0 Å². The summed E-state index contributed by atoms with van der Waals surface area (Å²) >= 11 is 0. The molecular formula is C23H27N5O3. The lowest BCUT2D eigenvalue weighted by atomic mass is 10.1. The van der Waals surface area contributed by atoms with Gasteiger partial charge in [0.05, 0.1) is 17.2 Å². The summed E-state index contributed by atoms with van der Waals surface area (Å²) in [4.78, 5) is 39.5. The molecule has 0 saturated carbocycles. The summed E-state index contributed by atoms with van der Waals surface area (Å²) in [6.45, 7) is 4.42. The van der Waals surface area contributed by atoms with E-state index in [0.29, 0.717) is 17.9 Å². The smallest absolute Gasteiger partial charge is 0.271 e. The number of aromatic amines is 1. The summed E-state index contributed by atoms with van der Waals surface area (Å²) < 4.78 is 6.06. The number of aromatic nitrogens is 3. The van der Waals surface area contributed by atoms with E-state index in [0.717, 1.165) is 48.2 Å². The van der Waals surface area contributed by atoms with Crippen molar-refractivity contribution in [1.82, 2.24) is 24.8 Å². The van der Waals surface area contributed by atoms with Crippen LogP contribution in [-0.2, 0) is 13.0 Å². The molecule has 4 rings (SSSR count). The van der Waals surface area contributed by atoms with Crippen LogP contribution in [0.25, 0.3) is 11.0 Å². The number of amides is 1. The van der Waals surface area contributed by atoms with E-state index in [4.69, 9.17) is 4.74 Å². The Balaban J connectivity index is 1.37. The fourth-order valence-corrected chi connectivity index (χ4v) is 3.81. The van der Waals surface area contributed by atoms with Crippen LogP contribution in [0.1, 0.15) is 35.0 Å². The van der Waals surface area contributed by atoms with E-state index < -0.39 is 0 Å². The Kier molecular flexibility index (Phi) is 5.99. The number of hydrogen-bond donors (Lipinski definition) is 1. The molecular weight excluding hydrogens is 394 g/mol. The largest absolute Gasteiger partial charge is 0.487 e. The number of pyridine rings is 3. The molecule has 3 aromatic rings. The molecule has 1 fully saturated rings. The number of rotatable bonds is 6. The lowest BCUT2D eigenvalue weighted by Gasteiger charge is -2.17. The first kappa shape index (κ1) is 21.0. The molecule has 1 atom stereocenters. The second-order valence-corrected chi connectivity index (χ2v) is 8.10. The maximum Gasteiger partial charge on any atom is 0.271 e. The minimum atomic E-state index is -0.130. The predicted octanol–water partition coefficient (Wildman–Crippen LogP) is 2.24. The van der Waals surface area contributed by atoms with Crippen molar-refractivity contribution in [3.8, 4) is 5.75 Å². The second-order valence-electron chi connectivity index (χ2n) is 8.10. The first-order chi connectivity index (χ1) is 14.9. The van der Waals surface area contributed by atoms with Gasteiger partial charge in [-0.05, 0) is 42.7 Å². The Morgan fingerprint density at radius 2 is 2.10 bits per heavy atom. The average Bonchev–Trinajstić information content (AvgIpc) is 3.19. The van der Waals surface area contributed by atoms with Gasteiger partial charge in [0.1, 0.15) is 17.5 Å². The molecule has 0 radical (unpaired) electrons. The number of carbonyl (C=O) groups is 1. The van der Waals surface area contributed by atoms with Crippen molar-refractivity contribution in [3.05, 3.63) is 63.8 Å². The van der Waals surface area contributed by atoms with E-state index in [9.17, 15) is 9.59 Å². The molecule has 0 aromatic carbocycles. The normalized spacial score (nSPS) is 16.5. The van der Waals surface area contributed by atoms with Crippen LogP contribution in [0.4, 0.5) is 0 Å². The fraction of sp³-hybridized carbons (Fsp3) is 0.391. The maximum atomic E-state index is 12.1. The molecule has 31 heavy (non-hydrogen) atoms. The van der Waals surface area contributed by atoms with Crippen LogP contribution in [0.3, 0.4) is 0 Å². The van der Waals surface area contributed by atoms with Crippen molar-refractivity contribution < 1.29 is 9.53 Å². The van der Waals surface area contributed by atoms with Crippen LogP contribution >= 0.6 is 0 Å². The number of nitrogens with one attached hydrogen (secondary N) is 1. The summed E-state index contributed by atoms with van der Waals surface area (Å²) in [5.41, 5.74) is 3.74. The van der Waals surface area contributed by atoms with E-state index in [1.165, 1.54) is 4.90 Å². The van der Waals surface area contributed by atoms with Gasteiger partial charge in [0.15, 0.2) is 0 Å². The zero-order valence-electron chi connectivity index (χ0n) is 18.1. The van der Waals surface area contributed by atoms with E-state index in [1.54, 1.807) is 32.4 Å². The molecule has 0 bridgehead atoms. The summed E-state index contributed by atoms with van der Waals surface area (Å²) in [6.07, 6.45) is 5.15. The highest BCUT2D eigenvalue weighted by molar-refractivity contribution is 5.91. The van der Waals surface area contributed by atoms with Gasteiger partial charge in [0.25, 0.3) is 11.5 Å². The van der Waals surface area contributed by atoms with Gasteiger partial charge in [-0.25, -0.2) is 4.98 Å². The maximum absolute atomic E-state index is 12.1. The third-order valence-corrected chi connectivity index (χ3v) is 5.51. The first-order valence-corrected chi connectivity index (χ1v) is 10.5. The molecule has 162 valence electrons. The third kappa shape index (κ3) is 4.74. The van der Waals surface area contributed by atoms with E-state index in [-0.39, 0.29) is 17.6 Å². The highest BCUT2D eigenvalue weighted by atomic mass is 16.5. The minimum absolute atomic E-state index is 0.0458. The second kappa shape index (κ2) is 8.85. The van der Waals surface area contributed by atoms with Crippen LogP contribution in [0.15, 0.2) is 41.5 Å². The Morgan fingerprint density at radius 3 is 2.81 bits per heavy atom. The molecule has 0 unspecified atom stereocenters. The van der Waals surface area contributed by atoms with Crippen molar-refractivity contribution in [2.75, 3.05) is 27.2 Å². The van der Waals surface area contributed by atoms with Gasteiger partial charge < -0.3 is 14.6 Å². The molecule has 0 spiro atoms. The summed E-state index contributed by atoms with van der Waals surface area (Å²) in [5, 5.41) is 0. The van der Waals surface area contributed by atoms with Crippen LogP contribution in [0, 0.1) is 0 Å². The van der Waals surface area contributed by atoms with Gasteiger partial charge in [0.2, 0.25) is 0 Å². The van der Waals surface area contributed by atoms with Crippen molar-refractivity contribution in [1.29, 1.82) is 0 Å². The highest BCUT2D eigenvalue weighted by Gasteiger charge is 2.24. The number of aryl methyl sites for hydroxylation is 1. The van der Waals surface area contributed by atoms with Crippen molar-refractivity contribution in [2.45, 2.75) is 32.4 Å². The van der Waals surface area contributed by atoms with Gasteiger partial charge in [-0.3, -0.25) is 19.5 Å². The molecule has 1 saturated heterocycles. The van der Waals surface area contributed by atoms with Gasteiger partial charge in [-0.1, -0.05) is 6.92 Å². The third-order valence-electron chi connectivity index (χ3n) is 5.51. The van der Waals surface area contributed by atoms with E-state index in [2.05, 4.69) is 19.9 Å². The molecule has 1 amide bonds. The monoisotopic (exact) mass is 421 g/mol. The van der Waals surface area contributed by atoms with Crippen molar-refractivity contribution in [2.24, 2.45) is 0 Å². The molecule has 0 aliphatic carbocycles. The topological polar surface area (TPSA) is 91.4 Å². The fourth-order valence-electron chi connectivity index (χ4n) is 3.81. The van der Waals surface area contributed by atoms with Gasteiger partial charge in [0, 0.05) is 45.5 Å². The SMILES string of the molecule is CCc1cc2ncc(CN3CC[C@@H](Oc4ccc(C(=O)N(C)C)nc4)C3)cc2[nH]c1=O. The molecule has 8 heteroatoms. The Bertz CT molecular complexity index is 1140. The molecule has 1 N–H and O–H groups in total. The summed E-state index contributed by atoms with van der Waals surface area (Å²) in [5.74, 6) is 0.536. The van der Waals surface area contributed by atoms with Crippen molar-refractivity contribution in [3.63, 3.8) is 0 Å². The number of likely N-dealkylation sites (tertiary alicyclic amines) is 1. The zero-order valence-corrected chi connectivity index (χ0v) is 18.1. The number of H-pyrrole nitrogens is 1. The minimum Gasteiger partial charge on any atom is -0.487 e. The lowest BCUT2D eigenvalue weighted by molar-refractivity contribution is 0.0822. The number of carbonyl (C=O) groups excluding carboxylic acids is 1. The first-order valence-electron chi connectivity index (χ1n) is 10.5. The average molecular weight is 422 g/mol. The van der Waals surface area contributed by atoms with Crippen LogP contribution in [-0.4, -0.2) is 63.9 Å². The Labute approximate surface area is 180 Å². The standard InChI is InChI=1S/C23H27N5O3/c1-4-16-10-20-21(26-22(16)29)9-15(11-24-20)13-28-8-7-18(14-28)31-17-5-6-19(25-12-17)23(30)27(2)3/h5-6,9-12,18H,4,7-8,13-14H2,1-3H3,(H,26,29)/t18-/m1/s1. The Hall–Kier alpha value is -3.26. The Morgan fingerprint density at radius 1 is 1.26 bits per heavy atom.